The molecular formula is C23H21N3O6S2. The van der Waals surface area contributed by atoms with Crippen molar-refractivity contribution >= 4 is 38.3 Å². The third kappa shape index (κ3) is 5.79. The molecule has 0 aliphatic carbocycles. The number of anilines is 1. The number of carbonyl (C=O) groups is 2. The quantitative estimate of drug-likeness (QED) is 0.426. The monoisotopic (exact) mass is 499 g/mol. The smallest absolute Gasteiger partial charge is 0.348 e. The number of hydrogen-bond acceptors (Lipinski definition) is 9. The van der Waals surface area contributed by atoms with E-state index in [1.165, 1.54) is 24.3 Å². The van der Waals surface area contributed by atoms with Gasteiger partial charge in [0.1, 0.15) is 22.6 Å². The molecule has 0 radical (unpaired) electrons. The first-order chi connectivity index (χ1) is 16.3. The number of hydrogen-bond donors (Lipinski definition) is 2. The molecule has 11 heteroatoms. The van der Waals surface area contributed by atoms with Crippen molar-refractivity contribution in [1.82, 2.24) is 4.72 Å². The van der Waals surface area contributed by atoms with Crippen LogP contribution in [0.15, 0.2) is 59.5 Å². The lowest BCUT2D eigenvalue weighted by molar-refractivity contribution is 0.0452. The number of ether oxygens (including phenoxy) is 2. The average molecular weight is 500 g/mol. The Morgan fingerprint density at radius 2 is 1.82 bits per heavy atom. The Balaban J connectivity index is 1.75. The predicted octanol–water partition coefficient (Wildman–Crippen LogP) is 3.21. The summed E-state index contributed by atoms with van der Waals surface area (Å²) in [5.74, 6) is -1.51. The number of esters is 2. The highest BCUT2D eigenvalue weighted by atomic mass is 32.2. The maximum Gasteiger partial charge on any atom is 0.348 e. The van der Waals surface area contributed by atoms with Crippen molar-refractivity contribution in [2.45, 2.75) is 25.0 Å². The third-order valence-electron chi connectivity index (χ3n) is 4.64. The summed E-state index contributed by atoms with van der Waals surface area (Å²) in [6.45, 7) is 1.44. The minimum Gasteiger partial charge on any atom is -0.462 e. The molecule has 0 aliphatic rings. The number of nitrogens with two attached hydrogens (primary N) is 1. The van der Waals surface area contributed by atoms with E-state index in [0.717, 1.165) is 16.9 Å². The fraction of sp³-hybridized carbons (Fsp3) is 0.174. The zero-order valence-corrected chi connectivity index (χ0v) is 19.7. The molecule has 9 nitrogen and oxygen atoms in total. The number of rotatable bonds is 9. The van der Waals surface area contributed by atoms with Crippen LogP contribution in [0.4, 0.5) is 5.00 Å². The molecule has 0 atom stereocenters. The molecule has 0 bridgehead atoms. The number of nitrogen functional groups attached to an aromatic ring is 1. The third-order valence-corrected chi connectivity index (χ3v) is 7.08. The van der Waals surface area contributed by atoms with Crippen molar-refractivity contribution in [2.75, 3.05) is 12.3 Å². The van der Waals surface area contributed by atoms with Crippen molar-refractivity contribution in [3.63, 3.8) is 0 Å². The Labute approximate surface area is 200 Å². The topological polar surface area (TPSA) is 149 Å². The van der Waals surface area contributed by atoms with Crippen LogP contribution in [-0.2, 0) is 32.6 Å². The summed E-state index contributed by atoms with van der Waals surface area (Å²) in [7, 11) is -3.89. The lowest BCUT2D eigenvalue weighted by Gasteiger charge is -2.09. The Bertz CT molecular complexity index is 1340. The number of nitrogens with zero attached hydrogens (tertiary/aromatic N) is 1. The van der Waals surface area contributed by atoms with E-state index in [1.807, 2.05) is 12.1 Å². The molecule has 0 aliphatic heterocycles. The second-order valence-electron chi connectivity index (χ2n) is 6.90. The van der Waals surface area contributed by atoms with Gasteiger partial charge in [0.25, 0.3) is 0 Å². The van der Waals surface area contributed by atoms with Crippen LogP contribution < -0.4 is 10.5 Å². The first kappa shape index (κ1) is 24.9. The van der Waals surface area contributed by atoms with Crippen molar-refractivity contribution in [2.24, 2.45) is 0 Å². The van der Waals surface area contributed by atoms with Crippen molar-refractivity contribution in [3.8, 4) is 6.07 Å². The molecule has 3 rings (SSSR count). The summed E-state index contributed by atoms with van der Waals surface area (Å²) in [6.07, 6.45) is 0. The molecule has 1 heterocycles. The van der Waals surface area contributed by atoms with Crippen molar-refractivity contribution in [1.29, 1.82) is 5.26 Å². The predicted molar refractivity (Wildman–Crippen MR) is 125 cm³/mol. The van der Waals surface area contributed by atoms with Gasteiger partial charge in [-0.15, -0.1) is 11.3 Å². The molecule has 1 aromatic heterocycles. The van der Waals surface area contributed by atoms with E-state index in [9.17, 15) is 23.3 Å². The second-order valence-corrected chi connectivity index (χ2v) is 9.71. The van der Waals surface area contributed by atoms with Crippen molar-refractivity contribution < 1.29 is 27.5 Å². The van der Waals surface area contributed by atoms with Crippen molar-refractivity contribution in [3.05, 3.63) is 81.7 Å². The van der Waals surface area contributed by atoms with Crippen LogP contribution in [0.25, 0.3) is 0 Å². The number of thiophene rings is 1. The minimum absolute atomic E-state index is 0.0121. The molecular weight excluding hydrogens is 478 g/mol. The lowest BCUT2D eigenvalue weighted by Crippen LogP contribution is -2.23. The van der Waals surface area contributed by atoms with Crippen LogP contribution in [0.2, 0.25) is 0 Å². The molecule has 0 unspecified atom stereocenters. The van der Waals surface area contributed by atoms with Crippen LogP contribution in [0.5, 0.6) is 0 Å². The zero-order chi connectivity index (χ0) is 24.7. The maximum atomic E-state index is 12.7. The summed E-state index contributed by atoms with van der Waals surface area (Å²) in [5.41, 5.74) is 6.76. The van der Waals surface area contributed by atoms with Crippen LogP contribution in [-0.4, -0.2) is 27.0 Å². The van der Waals surface area contributed by atoms with Gasteiger partial charge in [-0.05, 0) is 30.7 Å². The van der Waals surface area contributed by atoms with Gasteiger partial charge in [0.15, 0.2) is 0 Å². The maximum absolute atomic E-state index is 12.7. The van der Waals surface area contributed by atoms with E-state index >= 15 is 0 Å². The highest BCUT2D eigenvalue weighted by Crippen LogP contribution is 2.32. The fourth-order valence-electron chi connectivity index (χ4n) is 2.98. The number of nitriles is 1. The van der Waals surface area contributed by atoms with E-state index in [4.69, 9.17) is 15.2 Å². The van der Waals surface area contributed by atoms with Crippen LogP contribution in [0.3, 0.4) is 0 Å². The minimum atomic E-state index is -3.89. The first-order valence-corrected chi connectivity index (χ1v) is 12.4. The van der Waals surface area contributed by atoms with E-state index < -0.39 is 28.6 Å². The Kier molecular flexibility index (Phi) is 8.01. The summed E-state index contributed by atoms with van der Waals surface area (Å²) in [5, 5.41) is 9.48. The zero-order valence-electron chi connectivity index (χ0n) is 18.1. The number of carbonyl (C=O) groups excluding carboxylic acids is 2. The first-order valence-electron chi connectivity index (χ1n) is 10.1. The average Bonchev–Trinajstić information content (AvgIpc) is 3.17. The van der Waals surface area contributed by atoms with E-state index in [2.05, 4.69) is 4.72 Å². The Morgan fingerprint density at radius 3 is 2.50 bits per heavy atom. The molecule has 34 heavy (non-hydrogen) atoms. The van der Waals surface area contributed by atoms with Gasteiger partial charge >= 0.3 is 11.9 Å². The van der Waals surface area contributed by atoms with Crippen LogP contribution >= 0.6 is 11.3 Å². The molecule has 0 saturated carbocycles. The SMILES string of the molecule is CCOC(=O)c1sc(N)c(C#N)c1COC(=O)c1cccc(S(=O)(=O)NCc2ccccc2)c1. The largest absolute Gasteiger partial charge is 0.462 e. The summed E-state index contributed by atoms with van der Waals surface area (Å²) in [4.78, 5) is 24.8. The normalized spacial score (nSPS) is 10.9. The summed E-state index contributed by atoms with van der Waals surface area (Å²) < 4.78 is 38.1. The van der Waals surface area contributed by atoms with Gasteiger partial charge in [0, 0.05) is 12.1 Å². The van der Waals surface area contributed by atoms with Gasteiger partial charge in [-0.1, -0.05) is 36.4 Å². The molecule has 0 spiro atoms. The summed E-state index contributed by atoms with van der Waals surface area (Å²) >= 11 is 0.872. The van der Waals surface area contributed by atoms with Gasteiger partial charge in [0.05, 0.1) is 22.6 Å². The molecule has 2 aromatic carbocycles. The molecule has 0 saturated heterocycles. The summed E-state index contributed by atoms with van der Waals surface area (Å²) in [6, 6.07) is 16.3. The standard InChI is InChI=1S/C23H21N3O6S2/c1-2-31-23(28)20-19(18(12-24)21(25)33-20)14-32-22(27)16-9-6-10-17(11-16)34(29,30)26-13-15-7-4-3-5-8-15/h3-11,26H,2,13-14,25H2,1H3. The van der Waals surface area contributed by atoms with Gasteiger partial charge in [-0.2, -0.15) is 5.26 Å². The molecule has 176 valence electrons. The Morgan fingerprint density at radius 1 is 1.09 bits per heavy atom. The number of benzene rings is 2. The number of sulfonamides is 1. The van der Waals surface area contributed by atoms with Gasteiger partial charge in [0.2, 0.25) is 10.0 Å². The van der Waals surface area contributed by atoms with Gasteiger partial charge in [-0.25, -0.2) is 22.7 Å². The fourth-order valence-corrected chi connectivity index (χ4v) is 4.96. The van der Waals surface area contributed by atoms with E-state index in [-0.39, 0.29) is 44.6 Å². The van der Waals surface area contributed by atoms with Crippen LogP contribution in [0, 0.1) is 11.3 Å². The number of nitrogens with one attached hydrogen (secondary N) is 1. The van der Waals surface area contributed by atoms with Gasteiger partial charge in [-0.3, -0.25) is 0 Å². The second kappa shape index (κ2) is 10.9. The molecule has 3 aromatic rings. The lowest BCUT2D eigenvalue weighted by atomic mass is 10.1. The highest BCUT2D eigenvalue weighted by Gasteiger charge is 2.24. The molecule has 0 amide bonds. The van der Waals surface area contributed by atoms with E-state index in [0.29, 0.717) is 0 Å². The molecule has 3 N–H and O–H groups in total. The molecule has 0 fully saturated rings. The van der Waals surface area contributed by atoms with Gasteiger partial charge < -0.3 is 15.2 Å². The Hall–Kier alpha value is -3.72. The van der Waals surface area contributed by atoms with E-state index in [1.54, 1.807) is 31.2 Å². The van der Waals surface area contributed by atoms with Crippen LogP contribution in [0.1, 0.15) is 43.6 Å². The highest BCUT2D eigenvalue weighted by molar-refractivity contribution is 7.89.